The van der Waals surface area contributed by atoms with E-state index in [-0.39, 0.29) is 29.4 Å². The molecule has 0 bridgehead atoms. The summed E-state index contributed by atoms with van der Waals surface area (Å²) in [6.45, 7) is 0. The van der Waals surface area contributed by atoms with E-state index in [4.69, 9.17) is 29.4 Å². The fourth-order valence-corrected chi connectivity index (χ4v) is 0. The fraction of sp³-hybridized carbons (Fsp3) is 0. The Labute approximate surface area is 71.4 Å². The Kier molecular flexibility index (Phi) is 17.2. The van der Waals surface area contributed by atoms with Crippen LogP contribution < -0.4 is 10.2 Å². The van der Waals surface area contributed by atoms with E-state index in [1.54, 1.807) is 0 Å². The smallest absolute Gasteiger partial charge is 0.542 e. The molecule has 0 spiro atoms. The van der Waals surface area contributed by atoms with Crippen molar-refractivity contribution < 1.29 is 46.2 Å². The third-order valence-electron chi connectivity index (χ3n) is 0.192. The van der Waals surface area contributed by atoms with Gasteiger partial charge in [0.25, 0.3) is 0 Å². The Balaban J connectivity index is -0.000000107. The van der Waals surface area contributed by atoms with Crippen molar-refractivity contribution in [3.8, 4) is 0 Å². The number of rotatable bonds is 2. The van der Waals surface area contributed by atoms with E-state index in [2.05, 4.69) is 0 Å². The molecule has 0 saturated carbocycles. The third kappa shape index (κ3) is 52.1. The summed E-state index contributed by atoms with van der Waals surface area (Å²) in [6, 6.07) is 0. The van der Waals surface area contributed by atoms with Gasteiger partial charge in [-0.2, -0.15) is 0 Å². The van der Waals surface area contributed by atoms with Crippen LogP contribution in [0.15, 0.2) is 0 Å². The molecule has 0 aromatic heterocycles. The van der Waals surface area contributed by atoms with Crippen LogP contribution in [0, 0.1) is 0 Å². The maximum absolute atomic E-state index is 8.89. The van der Waals surface area contributed by atoms with Gasteiger partial charge in [0.15, 0.2) is 12.6 Å². The summed E-state index contributed by atoms with van der Waals surface area (Å²) in [5.41, 5.74) is 0. The maximum Gasteiger partial charge on any atom is 2.00 e. The number of hydrogen-bond donors (Lipinski definition) is 0. The molecule has 63 valence electrons. The van der Waals surface area contributed by atoms with E-state index < -0.39 is 11.9 Å². The minimum atomic E-state index is -1.68. The van der Waals surface area contributed by atoms with Gasteiger partial charge in [0.1, 0.15) is 11.9 Å². The first-order valence-electron chi connectivity index (χ1n) is 1.87. The molecule has 6 nitrogen and oxygen atoms in total. The largest absolute Gasteiger partial charge is 2.00 e. The van der Waals surface area contributed by atoms with Crippen LogP contribution in [-0.2, 0) is 36.0 Å². The van der Waals surface area contributed by atoms with Crippen molar-refractivity contribution >= 4 is 24.5 Å². The molecule has 1 radical (unpaired) electrons. The van der Waals surface area contributed by atoms with E-state index in [0.29, 0.717) is 0 Å². The molecule has 0 heterocycles. The quantitative estimate of drug-likeness (QED) is 0.334. The average Bonchev–Trinajstić information content (AvgIpc) is 1.89. The molecule has 0 N–H and O–H groups in total. The van der Waals surface area contributed by atoms with Crippen LogP contribution in [0.1, 0.15) is 0 Å². The van der Waals surface area contributed by atoms with Crippen molar-refractivity contribution in [1.29, 1.82) is 0 Å². The Morgan fingerprint density at radius 2 is 1.00 bits per heavy atom. The molecule has 7 heteroatoms. The second-order valence-corrected chi connectivity index (χ2v) is 0.874. The number of carboxylic acids is 2. The first kappa shape index (κ1) is 16.4. The molecule has 0 aromatic carbocycles. The second-order valence-electron chi connectivity index (χ2n) is 0.874. The average molecular weight is 205 g/mol. The van der Waals surface area contributed by atoms with Crippen LogP contribution in [0.5, 0.6) is 0 Å². The summed E-state index contributed by atoms with van der Waals surface area (Å²) < 4.78 is 0. The molecule has 0 aliphatic rings. The number of carboxylic acid groups (broad SMARTS) is 2. The molecule has 0 amide bonds. The topological polar surface area (TPSA) is 114 Å². The number of hydrogen-bond acceptors (Lipinski definition) is 6. The summed E-state index contributed by atoms with van der Waals surface area (Å²) in [6.07, 6.45) is -0.556. The molecule has 0 aliphatic carbocycles. The molecule has 0 fully saturated rings. The third-order valence-corrected chi connectivity index (χ3v) is 0.192. The van der Waals surface area contributed by atoms with Crippen molar-refractivity contribution in [1.82, 2.24) is 0 Å². The van der Waals surface area contributed by atoms with E-state index >= 15 is 0 Å². The Hall–Kier alpha value is -1.21. The summed E-state index contributed by atoms with van der Waals surface area (Å²) in [4.78, 5) is 35.5. The standard InChI is InChI=1S/2C2H2O3.Co/c2*3-1-2(4)5;/h2*1H,(H,4,5);/q;;+2/p-2. The summed E-state index contributed by atoms with van der Waals surface area (Å²) in [7, 11) is 0. The zero-order valence-corrected chi connectivity index (χ0v) is 5.98. The first-order valence-corrected chi connectivity index (χ1v) is 1.87. The van der Waals surface area contributed by atoms with Gasteiger partial charge in [-0.25, -0.2) is 0 Å². The molecule has 11 heavy (non-hydrogen) atoms. The number of carbonyl (C=O) groups excluding carboxylic acids is 4. The van der Waals surface area contributed by atoms with Gasteiger partial charge in [-0.15, -0.1) is 0 Å². The number of carbonyl (C=O) groups is 4. The van der Waals surface area contributed by atoms with Crippen molar-refractivity contribution in [3.05, 3.63) is 0 Å². The number of aliphatic carboxylic acids is 2. The summed E-state index contributed by atoms with van der Waals surface area (Å²) in [5.74, 6) is -3.35. The molecule has 0 rings (SSSR count). The Bertz CT molecular complexity index is 135. The van der Waals surface area contributed by atoms with Crippen LogP contribution in [0.4, 0.5) is 0 Å². The van der Waals surface area contributed by atoms with Gasteiger partial charge in [-0.05, 0) is 0 Å². The molecule has 0 unspecified atom stereocenters. The Morgan fingerprint density at radius 1 is 0.909 bits per heavy atom. The Morgan fingerprint density at radius 3 is 1.00 bits per heavy atom. The zero-order chi connectivity index (χ0) is 8.57. The van der Waals surface area contributed by atoms with E-state index in [0.717, 1.165) is 0 Å². The molecule has 0 atom stereocenters. The maximum atomic E-state index is 8.89. The van der Waals surface area contributed by atoms with Crippen LogP contribution in [0.2, 0.25) is 0 Å². The number of aldehydes is 2. The van der Waals surface area contributed by atoms with E-state index in [9.17, 15) is 0 Å². The molecule has 0 saturated heterocycles. The van der Waals surface area contributed by atoms with Crippen LogP contribution >= 0.6 is 0 Å². The predicted octanol–water partition coefficient (Wildman–Crippen LogP) is -4.13. The second kappa shape index (κ2) is 11.6. The van der Waals surface area contributed by atoms with Crippen molar-refractivity contribution in [2.24, 2.45) is 0 Å². The van der Waals surface area contributed by atoms with Crippen molar-refractivity contribution in [2.45, 2.75) is 0 Å². The van der Waals surface area contributed by atoms with E-state index in [1.165, 1.54) is 0 Å². The monoisotopic (exact) mass is 205 g/mol. The van der Waals surface area contributed by atoms with Gasteiger partial charge in [-0.3, -0.25) is 9.59 Å². The normalized spacial score (nSPS) is 5.82. The predicted molar refractivity (Wildman–Crippen MR) is 22.1 cm³/mol. The van der Waals surface area contributed by atoms with Gasteiger partial charge < -0.3 is 19.8 Å². The van der Waals surface area contributed by atoms with E-state index in [1.807, 2.05) is 0 Å². The summed E-state index contributed by atoms with van der Waals surface area (Å²) >= 11 is 0. The van der Waals surface area contributed by atoms with Gasteiger partial charge in [-0.1, -0.05) is 0 Å². The van der Waals surface area contributed by atoms with Gasteiger partial charge >= 0.3 is 16.8 Å². The van der Waals surface area contributed by atoms with Crippen molar-refractivity contribution in [2.75, 3.05) is 0 Å². The van der Waals surface area contributed by atoms with Gasteiger partial charge in [0.05, 0.1) is 0 Å². The molecular weight excluding hydrogens is 203 g/mol. The van der Waals surface area contributed by atoms with Gasteiger partial charge in [0, 0.05) is 0 Å². The summed E-state index contributed by atoms with van der Waals surface area (Å²) in [5, 5.41) is 17.8. The zero-order valence-electron chi connectivity index (χ0n) is 4.94. The van der Waals surface area contributed by atoms with Crippen LogP contribution in [0.25, 0.3) is 0 Å². The van der Waals surface area contributed by atoms with Gasteiger partial charge in [0.2, 0.25) is 0 Å². The molecule has 0 aliphatic heterocycles. The first-order chi connectivity index (χ1) is 4.54. The van der Waals surface area contributed by atoms with Crippen LogP contribution in [-0.4, -0.2) is 24.5 Å². The minimum Gasteiger partial charge on any atom is -0.542 e. The minimum absolute atomic E-state index is 0. The fourth-order valence-electron chi connectivity index (χ4n) is 0. The SMILES string of the molecule is O=CC(=O)[O-].O=CC(=O)[O-].[Co+2]. The van der Waals surface area contributed by atoms with Crippen LogP contribution in [0.3, 0.4) is 0 Å². The molecule has 0 aromatic rings. The molecular formula is C4H2CoO6. The van der Waals surface area contributed by atoms with Crippen molar-refractivity contribution in [3.63, 3.8) is 0 Å².